The predicted octanol–water partition coefficient (Wildman–Crippen LogP) is 2.86. The van der Waals surface area contributed by atoms with Crippen LogP contribution in [0.15, 0.2) is 24.3 Å². The zero-order valence-electron chi connectivity index (χ0n) is 7.40. The first-order chi connectivity index (χ1) is 6.40. The number of para-hydroxylation sites is 1. The van der Waals surface area contributed by atoms with Crippen molar-refractivity contribution in [2.75, 3.05) is 6.61 Å². The van der Waals surface area contributed by atoms with Gasteiger partial charge in [0.05, 0.1) is 13.2 Å². The van der Waals surface area contributed by atoms with E-state index in [0.29, 0.717) is 13.2 Å². The normalized spacial score (nSPS) is 20.5. The molecule has 0 N–H and O–H groups in total. The van der Waals surface area contributed by atoms with Crippen molar-refractivity contribution >= 4 is 8.60 Å². The summed E-state index contributed by atoms with van der Waals surface area (Å²) in [4.78, 5) is 0. The van der Waals surface area contributed by atoms with Crippen molar-refractivity contribution in [2.45, 2.75) is 13.5 Å². The molecule has 0 spiro atoms. The Balaban J connectivity index is 2.11. The number of rotatable bonds is 2. The van der Waals surface area contributed by atoms with E-state index in [1.54, 1.807) is 0 Å². The highest BCUT2D eigenvalue weighted by molar-refractivity contribution is 7.42. The van der Waals surface area contributed by atoms with Crippen LogP contribution in [0.3, 0.4) is 0 Å². The first-order valence-corrected chi connectivity index (χ1v) is 5.31. The van der Waals surface area contributed by atoms with Gasteiger partial charge in [0.25, 0.3) is 0 Å². The van der Waals surface area contributed by atoms with Gasteiger partial charge < -0.3 is 9.05 Å². The molecule has 1 aliphatic heterocycles. The van der Waals surface area contributed by atoms with Crippen molar-refractivity contribution in [1.82, 2.24) is 0 Å². The van der Waals surface area contributed by atoms with Gasteiger partial charge in [-0.15, -0.1) is 0 Å². The lowest BCUT2D eigenvalue weighted by molar-refractivity contribution is 0.188. The van der Waals surface area contributed by atoms with Crippen LogP contribution in [0.4, 0.5) is 0 Å². The molecule has 1 unspecified atom stereocenters. The van der Waals surface area contributed by atoms with Gasteiger partial charge >= 0.3 is 8.60 Å². The Hall–Kier alpha value is -0.630. The molecule has 0 bridgehead atoms. The van der Waals surface area contributed by atoms with Gasteiger partial charge in [-0.25, -0.2) is 0 Å². The zero-order chi connectivity index (χ0) is 9.10. The van der Waals surface area contributed by atoms with Gasteiger partial charge in [-0.1, -0.05) is 18.2 Å². The number of hydrogen-bond donors (Lipinski definition) is 0. The molecule has 1 aromatic rings. The largest absolute Gasteiger partial charge is 0.426 e. The molecule has 4 heteroatoms. The molecule has 0 amide bonds. The number of fused-ring (bicyclic) bond motifs is 1. The number of hydrogen-bond acceptors (Lipinski definition) is 3. The van der Waals surface area contributed by atoms with Gasteiger partial charge in [0, 0.05) is 5.56 Å². The van der Waals surface area contributed by atoms with Gasteiger partial charge in [0.1, 0.15) is 5.75 Å². The maximum atomic E-state index is 5.49. The Kier molecular flexibility index (Phi) is 2.79. The first-order valence-electron chi connectivity index (χ1n) is 4.22. The summed E-state index contributed by atoms with van der Waals surface area (Å²) in [6.45, 7) is 3.13. The van der Waals surface area contributed by atoms with Gasteiger partial charge in [-0.05, 0) is 13.0 Å². The molecule has 3 nitrogen and oxygen atoms in total. The minimum atomic E-state index is -1.16. The summed E-state index contributed by atoms with van der Waals surface area (Å²) in [5.74, 6) is 0.883. The van der Waals surface area contributed by atoms with Crippen LogP contribution in [-0.4, -0.2) is 6.61 Å². The second-order valence-electron chi connectivity index (χ2n) is 2.61. The number of benzene rings is 1. The molecule has 1 atom stereocenters. The molecule has 0 fully saturated rings. The van der Waals surface area contributed by atoms with Gasteiger partial charge in [0.2, 0.25) is 0 Å². The zero-order valence-corrected chi connectivity index (χ0v) is 8.29. The van der Waals surface area contributed by atoms with E-state index in [1.165, 1.54) is 0 Å². The summed E-state index contributed by atoms with van der Waals surface area (Å²) >= 11 is 0. The van der Waals surface area contributed by atoms with Crippen LogP contribution in [0.5, 0.6) is 5.75 Å². The lowest BCUT2D eigenvalue weighted by Gasteiger charge is -2.22. The Morgan fingerprint density at radius 1 is 1.46 bits per heavy atom. The van der Waals surface area contributed by atoms with Crippen LogP contribution < -0.4 is 4.52 Å². The molecular formula is C9H11O3P. The van der Waals surface area contributed by atoms with Crippen molar-refractivity contribution in [3.05, 3.63) is 29.8 Å². The fourth-order valence-electron chi connectivity index (χ4n) is 1.11. The minimum Gasteiger partial charge on any atom is -0.426 e. The summed E-state index contributed by atoms with van der Waals surface area (Å²) in [6.07, 6.45) is 0. The van der Waals surface area contributed by atoms with E-state index >= 15 is 0 Å². The molecule has 0 aromatic heterocycles. The van der Waals surface area contributed by atoms with Crippen LogP contribution in [0.2, 0.25) is 0 Å². The molecule has 0 saturated carbocycles. The second kappa shape index (κ2) is 4.05. The highest BCUT2D eigenvalue weighted by Crippen LogP contribution is 2.46. The first kappa shape index (κ1) is 8.95. The summed E-state index contributed by atoms with van der Waals surface area (Å²) in [7, 11) is -1.16. The predicted molar refractivity (Wildman–Crippen MR) is 50.4 cm³/mol. The fourth-order valence-corrected chi connectivity index (χ4v) is 2.08. The standard InChI is InChI=1S/C9H11O3P/c1-2-10-13-11-7-8-5-3-4-6-9(8)12-13/h3-6H,2,7H2,1H3. The SMILES string of the molecule is CCOP1OCc2ccccc2O1. The van der Waals surface area contributed by atoms with Gasteiger partial charge in [-0.3, -0.25) is 4.52 Å². The lowest BCUT2D eigenvalue weighted by atomic mass is 10.2. The molecule has 1 aromatic carbocycles. The third kappa shape index (κ3) is 1.99. The van der Waals surface area contributed by atoms with E-state index in [-0.39, 0.29) is 0 Å². The quantitative estimate of drug-likeness (QED) is 0.684. The van der Waals surface area contributed by atoms with E-state index in [2.05, 4.69) is 0 Å². The van der Waals surface area contributed by atoms with Crippen molar-refractivity contribution in [3.8, 4) is 5.75 Å². The summed E-state index contributed by atoms with van der Waals surface area (Å²) in [5, 5.41) is 0. The van der Waals surface area contributed by atoms with Crippen LogP contribution in [0, 0.1) is 0 Å². The molecule has 1 aliphatic rings. The Morgan fingerprint density at radius 3 is 3.15 bits per heavy atom. The maximum absolute atomic E-state index is 5.49. The molecular weight excluding hydrogens is 187 g/mol. The maximum Gasteiger partial charge on any atom is 0.397 e. The molecule has 0 radical (unpaired) electrons. The van der Waals surface area contributed by atoms with Gasteiger partial charge in [0.15, 0.2) is 0 Å². The van der Waals surface area contributed by atoms with Crippen molar-refractivity contribution in [2.24, 2.45) is 0 Å². The van der Waals surface area contributed by atoms with Crippen molar-refractivity contribution in [3.63, 3.8) is 0 Å². The topological polar surface area (TPSA) is 27.7 Å². The third-order valence-corrected chi connectivity index (χ3v) is 2.86. The highest BCUT2D eigenvalue weighted by atomic mass is 31.2. The van der Waals surface area contributed by atoms with E-state index in [4.69, 9.17) is 13.6 Å². The Labute approximate surface area is 78.6 Å². The fraction of sp³-hybridized carbons (Fsp3) is 0.333. The summed E-state index contributed by atoms with van der Waals surface area (Å²) < 4.78 is 16.1. The average Bonchev–Trinajstić information content (AvgIpc) is 2.18. The molecule has 13 heavy (non-hydrogen) atoms. The van der Waals surface area contributed by atoms with Gasteiger partial charge in [-0.2, -0.15) is 0 Å². The van der Waals surface area contributed by atoms with Crippen molar-refractivity contribution < 1.29 is 13.6 Å². The summed E-state index contributed by atoms with van der Waals surface area (Å²) in [6, 6.07) is 7.85. The second-order valence-corrected chi connectivity index (χ2v) is 3.76. The average molecular weight is 198 g/mol. The molecule has 0 saturated heterocycles. The highest BCUT2D eigenvalue weighted by Gasteiger charge is 2.21. The van der Waals surface area contributed by atoms with Crippen LogP contribution in [0.1, 0.15) is 12.5 Å². The van der Waals surface area contributed by atoms with E-state index in [9.17, 15) is 0 Å². The van der Waals surface area contributed by atoms with Crippen LogP contribution >= 0.6 is 8.60 Å². The monoisotopic (exact) mass is 198 g/mol. The molecule has 70 valence electrons. The third-order valence-electron chi connectivity index (χ3n) is 1.71. The van der Waals surface area contributed by atoms with E-state index < -0.39 is 8.60 Å². The smallest absolute Gasteiger partial charge is 0.397 e. The molecule has 2 rings (SSSR count). The van der Waals surface area contributed by atoms with Crippen LogP contribution in [-0.2, 0) is 15.7 Å². The lowest BCUT2D eigenvalue weighted by Crippen LogP contribution is -2.05. The Bertz CT molecular complexity index is 290. The van der Waals surface area contributed by atoms with E-state index in [0.717, 1.165) is 11.3 Å². The molecule has 1 heterocycles. The minimum absolute atomic E-state index is 0.585. The van der Waals surface area contributed by atoms with Crippen molar-refractivity contribution in [1.29, 1.82) is 0 Å². The van der Waals surface area contributed by atoms with Crippen LogP contribution in [0.25, 0.3) is 0 Å². The summed E-state index contributed by atoms with van der Waals surface area (Å²) in [5.41, 5.74) is 1.08. The van der Waals surface area contributed by atoms with E-state index in [1.807, 2.05) is 31.2 Å². The Morgan fingerprint density at radius 2 is 2.31 bits per heavy atom. The molecule has 0 aliphatic carbocycles.